The maximum atomic E-state index is 12.4. The van der Waals surface area contributed by atoms with Gasteiger partial charge in [-0.05, 0) is 6.07 Å². The van der Waals surface area contributed by atoms with Gasteiger partial charge in [0, 0.05) is 27.3 Å². The van der Waals surface area contributed by atoms with E-state index in [-0.39, 0.29) is 23.3 Å². The van der Waals surface area contributed by atoms with Crippen LogP contribution >= 0.6 is 11.6 Å². The van der Waals surface area contributed by atoms with Gasteiger partial charge >= 0.3 is 0 Å². The number of ether oxygens (including phenoxy) is 2. The molecule has 0 spiro atoms. The van der Waals surface area contributed by atoms with Crippen molar-refractivity contribution in [2.24, 2.45) is 0 Å². The number of nitrogen functional groups attached to an aromatic ring is 1. The summed E-state index contributed by atoms with van der Waals surface area (Å²) in [6.07, 6.45) is 1.12. The van der Waals surface area contributed by atoms with E-state index in [1.54, 1.807) is 19.1 Å². The summed E-state index contributed by atoms with van der Waals surface area (Å²) in [5.41, 5.74) is 6.42. The van der Waals surface area contributed by atoms with Crippen molar-refractivity contribution in [3.05, 3.63) is 23.0 Å². The van der Waals surface area contributed by atoms with Gasteiger partial charge < -0.3 is 20.1 Å². The van der Waals surface area contributed by atoms with E-state index in [2.05, 4.69) is 4.98 Å². The molecule has 104 valence electrons. The van der Waals surface area contributed by atoms with Crippen LogP contribution in [0.4, 0.5) is 5.69 Å². The van der Waals surface area contributed by atoms with Crippen LogP contribution in [0.25, 0.3) is 0 Å². The molecule has 1 aromatic rings. The smallest absolute Gasteiger partial charge is 0.256 e. The molecule has 0 radical (unpaired) electrons. The minimum atomic E-state index is -0.191. The Labute approximate surface area is 116 Å². The second-order valence-electron chi connectivity index (χ2n) is 4.35. The summed E-state index contributed by atoms with van der Waals surface area (Å²) in [6, 6.07) is 1.47. The molecule has 2 heterocycles. The van der Waals surface area contributed by atoms with Crippen molar-refractivity contribution in [1.29, 1.82) is 0 Å². The third-order valence-electron chi connectivity index (χ3n) is 3.24. The molecule has 1 saturated heterocycles. The molecule has 2 atom stereocenters. The quantitative estimate of drug-likeness (QED) is 0.831. The molecular formula is C12H16ClN3O3. The molecule has 6 nitrogen and oxygen atoms in total. The van der Waals surface area contributed by atoms with Crippen LogP contribution in [0, 0.1) is 0 Å². The van der Waals surface area contributed by atoms with Crippen LogP contribution in [-0.2, 0) is 9.47 Å². The van der Waals surface area contributed by atoms with Gasteiger partial charge in [0.1, 0.15) is 17.4 Å². The molecule has 2 rings (SSSR count). The molecule has 0 saturated carbocycles. The molecule has 1 aromatic heterocycles. The monoisotopic (exact) mass is 285 g/mol. The summed E-state index contributed by atoms with van der Waals surface area (Å²) in [5.74, 6) is -0.191. The number of pyridine rings is 1. The summed E-state index contributed by atoms with van der Waals surface area (Å²) >= 11 is 5.79. The number of halogens is 1. The maximum absolute atomic E-state index is 12.4. The van der Waals surface area contributed by atoms with E-state index in [0.717, 1.165) is 0 Å². The number of hydrogen-bond acceptors (Lipinski definition) is 5. The highest BCUT2D eigenvalue weighted by atomic mass is 35.5. The Balaban J connectivity index is 2.19. The third-order valence-corrected chi connectivity index (χ3v) is 3.45. The van der Waals surface area contributed by atoms with E-state index in [0.29, 0.717) is 24.3 Å². The van der Waals surface area contributed by atoms with Crippen molar-refractivity contribution in [2.45, 2.75) is 12.2 Å². The fraction of sp³-hybridized carbons (Fsp3) is 0.500. The second kappa shape index (κ2) is 5.73. The zero-order chi connectivity index (χ0) is 14.0. The summed E-state index contributed by atoms with van der Waals surface area (Å²) in [4.78, 5) is 17.9. The number of rotatable bonds is 3. The number of aromatic nitrogens is 1. The van der Waals surface area contributed by atoms with E-state index in [1.807, 2.05) is 0 Å². The SMILES string of the molecule is COC1CN(C(=O)c2cc(Cl)ncc2N)CC1OC. The van der Waals surface area contributed by atoms with Crippen molar-refractivity contribution in [1.82, 2.24) is 9.88 Å². The van der Waals surface area contributed by atoms with Crippen LogP contribution < -0.4 is 5.73 Å². The molecule has 19 heavy (non-hydrogen) atoms. The summed E-state index contributed by atoms with van der Waals surface area (Å²) in [6.45, 7) is 0.931. The molecule has 7 heteroatoms. The van der Waals surface area contributed by atoms with Gasteiger partial charge in [-0.25, -0.2) is 4.98 Å². The number of amides is 1. The van der Waals surface area contributed by atoms with E-state index in [9.17, 15) is 4.79 Å². The molecule has 1 amide bonds. The Morgan fingerprint density at radius 3 is 2.53 bits per heavy atom. The lowest BCUT2D eigenvalue weighted by atomic mass is 10.2. The summed E-state index contributed by atoms with van der Waals surface area (Å²) in [7, 11) is 3.20. The zero-order valence-corrected chi connectivity index (χ0v) is 11.6. The number of methoxy groups -OCH3 is 2. The highest BCUT2D eigenvalue weighted by molar-refractivity contribution is 6.29. The lowest BCUT2D eigenvalue weighted by molar-refractivity contribution is -0.00461. The van der Waals surface area contributed by atoms with Crippen LogP contribution in [0.5, 0.6) is 0 Å². The number of likely N-dealkylation sites (tertiary alicyclic amines) is 1. The van der Waals surface area contributed by atoms with Crippen LogP contribution in [0.15, 0.2) is 12.3 Å². The minimum absolute atomic E-state index is 0.132. The Bertz CT molecular complexity index is 471. The first-order valence-corrected chi connectivity index (χ1v) is 6.20. The molecule has 1 aliphatic heterocycles. The molecule has 2 unspecified atom stereocenters. The predicted octanol–water partition coefficient (Wildman–Crippen LogP) is 0.803. The summed E-state index contributed by atoms with van der Waals surface area (Å²) < 4.78 is 10.6. The summed E-state index contributed by atoms with van der Waals surface area (Å²) in [5, 5.41) is 0.239. The van der Waals surface area contributed by atoms with Gasteiger partial charge in [0.25, 0.3) is 5.91 Å². The molecule has 0 aromatic carbocycles. The largest absolute Gasteiger partial charge is 0.397 e. The average molecular weight is 286 g/mol. The van der Waals surface area contributed by atoms with Crippen molar-refractivity contribution in [3.63, 3.8) is 0 Å². The van der Waals surface area contributed by atoms with E-state index >= 15 is 0 Å². The Morgan fingerprint density at radius 1 is 1.42 bits per heavy atom. The first-order valence-electron chi connectivity index (χ1n) is 5.82. The number of anilines is 1. The van der Waals surface area contributed by atoms with E-state index in [4.69, 9.17) is 26.8 Å². The van der Waals surface area contributed by atoms with Crippen molar-refractivity contribution in [2.75, 3.05) is 33.0 Å². The van der Waals surface area contributed by atoms with Gasteiger partial charge in [0.05, 0.1) is 17.4 Å². The Hall–Kier alpha value is -1.37. The average Bonchev–Trinajstić information content (AvgIpc) is 2.84. The van der Waals surface area contributed by atoms with Gasteiger partial charge in [0.2, 0.25) is 0 Å². The Kier molecular flexibility index (Phi) is 4.24. The van der Waals surface area contributed by atoms with E-state index < -0.39 is 0 Å². The molecule has 0 bridgehead atoms. The van der Waals surface area contributed by atoms with Crippen LogP contribution in [0.2, 0.25) is 5.15 Å². The van der Waals surface area contributed by atoms with E-state index in [1.165, 1.54) is 12.3 Å². The number of nitrogens with two attached hydrogens (primary N) is 1. The van der Waals surface area contributed by atoms with Gasteiger partial charge in [-0.15, -0.1) is 0 Å². The molecule has 0 aliphatic carbocycles. The molecule has 1 aliphatic rings. The highest BCUT2D eigenvalue weighted by Crippen LogP contribution is 2.22. The normalized spacial score (nSPS) is 22.8. The zero-order valence-electron chi connectivity index (χ0n) is 10.8. The third kappa shape index (κ3) is 2.80. The first-order chi connectivity index (χ1) is 9.06. The van der Waals surface area contributed by atoms with Gasteiger partial charge in [0.15, 0.2) is 0 Å². The maximum Gasteiger partial charge on any atom is 0.256 e. The van der Waals surface area contributed by atoms with Crippen LogP contribution in [0.3, 0.4) is 0 Å². The van der Waals surface area contributed by atoms with Crippen LogP contribution in [-0.4, -0.2) is 55.3 Å². The first kappa shape index (κ1) is 14.0. The molecule has 1 fully saturated rings. The van der Waals surface area contributed by atoms with Gasteiger partial charge in [-0.2, -0.15) is 0 Å². The van der Waals surface area contributed by atoms with Gasteiger partial charge in [-0.3, -0.25) is 4.79 Å². The minimum Gasteiger partial charge on any atom is -0.397 e. The predicted molar refractivity (Wildman–Crippen MR) is 71.2 cm³/mol. The van der Waals surface area contributed by atoms with Crippen molar-refractivity contribution in [3.8, 4) is 0 Å². The number of carbonyl (C=O) groups excluding carboxylic acids is 1. The number of carbonyl (C=O) groups is 1. The van der Waals surface area contributed by atoms with Crippen LogP contribution in [0.1, 0.15) is 10.4 Å². The fourth-order valence-electron chi connectivity index (χ4n) is 2.16. The topological polar surface area (TPSA) is 77.7 Å². The molecular weight excluding hydrogens is 270 g/mol. The second-order valence-corrected chi connectivity index (χ2v) is 4.74. The fourth-order valence-corrected chi connectivity index (χ4v) is 2.32. The number of nitrogens with zero attached hydrogens (tertiary/aromatic N) is 2. The highest BCUT2D eigenvalue weighted by Gasteiger charge is 2.36. The molecule has 2 N–H and O–H groups in total. The van der Waals surface area contributed by atoms with Crippen molar-refractivity contribution < 1.29 is 14.3 Å². The standard InChI is InChI=1S/C12H16ClN3O3/c1-18-9-5-16(6-10(9)19-2)12(17)7-3-11(13)15-4-8(7)14/h3-4,9-10H,5-6,14H2,1-2H3. The number of hydrogen-bond donors (Lipinski definition) is 1. The van der Waals surface area contributed by atoms with Crippen molar-refractivity contribution >= 4 is 23.2 Å². The lowest BCUT2D eigenvalue weighted by Gasteiger charge is -2.16. The van der Waals surface area contributed by atoms with Gasteiger partial charge in [-0.1, -0.05) is 11.6 Å². The Morgan fingerprint density at radius 2 is 2.00 bits per heavy atom. The lowest BCUT2D eigenvalue weighted by Crippen LogP contribution is -2.30.